The smallest absolute Gasteiger partial charge is 0.161 e. The Hall–Kier alpha value is -0.700. The molecule has 0 saturated heterocycles. The number of halogens is 1. The van der Waals surface area contributed by atoms with E-state index in [1.165, 1.54) is 0 Å². The van der Waals surface area contributed by atoms with Gasteiger partial charge in [-0.1, -0.05) is 29.8 Å². The van der Waals surface area contributed by atoms with Gasteiger partial charge in [-0.2, -0.15) is 0 Å². The van der Waals surface area contributed by atoms with Crippen LogP contribution in [0.25, 0.3) is 0 Å². The Morgan fingerprint density at radius 2 is 2.14 bits per heavy atom. The molecular formula is C11H15BrO2. The first-order chi connectivity index (χ1) is 6.60. The summed E-state index contributed by atoms with van der Waals surface area (Å²) in [6.45, 7) is 4.18. The first kappa shape index (κ1) is 11.4. The van der Waals surface area contributed by atoms with Crippen molar-refractivity contribution >= 4 is 15.9 Å². The summed E-state index contributed by atoms with van der Waals surface area (Å²) in [5.74, 6) is 1.11. The number of methoxy groups -OCH3 is 1. The summed E-state index contributed by atoms with van der Waals surface area (Å²) >= 11 is 3.39. The van der Waals surface area contributed by atoms with Gasteiger partial charge in [-0.05, 0) is 24.5 Å². The summed E-state index contributed by atoms with van der Waals surface area (Å²) in [7, 11) is 1.56. The molecule has 0 amide bonds. The fraction of sp³-hybridized carbons (Fsp3) is 0.455. The summed E-state index contributed by atoms with van der Waals surface area (Å²) in [5.41, 5.74) is 0.929. The standard InChI is InChI=1S/C11H15BrO2/c1-4-7(2)9-5-8(12)6-10(14-3)11(9)13/h5-7,13H,4H2,1-3H3. The topological polar surface area (TPSA) is 29.5 Å². The molecule has 78 valence electrons. The largest absolute Gasteiger partial charge is 0.504 e. The highest BCUT2D eigenvalue weighted by Gasteiger charge is 2.13. The van der Waals surface area contributed by atoms with E-state index in [0.717, 1.165) is 16.5 Å². The Bertz CT molecular complexity index is 323. The van der Waals surface area contributed by atoms with Gasteiger partial charge in [0.1, 0.15) is 0 Å². The van der Waals surface area contributed by atoms with Gasteiger partial charge in [0.25, 0.3) is 0 Å². The number of aromatic hydroxyl groups is 1. The summed E-state index contributed by atoms with van der Waals surface area (Å²) in [6, 6.07) is 3.70. The van der Waals surface area contributed by atoms with Crippen molar-refractivity contribution < 1.29 is 9.84 Å². The SMILES string of the molecule is CCC(C)c1cc(Br)cc(OC)c1O. The molecule has 0 spiro atoms. The second kappa shape index (κ2) is 4.69. The third-order valence-electron chi connectivity index (χ3n) is 2.43. The van der Waals surface area contributed by atoms with Crippen molar-refractivity contribution in [1.29, 1.82) is 0 Å². The maximum atomic E-state index is 9.87. The molecular weight excluding hydrogens is 244 g/mol. The fourth-order valence-electron chi connectivity index (χ4n) is 1.35. The molecule has 1 unspecified atom stereocenters. The highest BCUT2D eigenvalue weighted by Crippen LogP contribution is 2.38. The molecule has 0 aliphatic carbocycles. The molecule has 14 heavy (non-hydrogen) atoms. The molecule has 1 aromatic carbocycles. The lowest BCUT2D eigenvalue weighted by Gasteiger charge is -2.14. The van der Waals surface area contributed by atoms with E-state index in [-0.39, 0.29) is 5.75 Å². The van der Waals surface area contributed by atoms with Gasteiger partial charge in [0.15, 0.2) is 11.5 Å². The van der Waals surface area contributed by atoms with Crippen molar-refractivity contribution in [3.05, 3.63) is 22.2 Å². The van der Waals surface area contributed by atoms with Crippen molar-refractivity contribution in [1.82, 2.24) is 0 Å². The first-order valence-corrected chi connectivity index (χ1v) is 5.45. The minimum absolute atomic E-state index is 0.255. The molecule has 0 aliphatic rings. The minimum atomic E-state index is 0.255. The van der Waals surface area contributed by atoms with Gasteiger partial charge in [-0.3, -0.25) is 0 Å². The number of benzene rings is 1. The van der Waals surface area contributed by atoms with Crippen LogP contribution < -0.4 is 4.74 Å². The predicted octanol–water partition coefficient (Wildman–Crippen LogP) is 3.68. The molecule has 0 fully saturated rings. The zero-order valence-electron chi connectivity index (χ0n) is 8.67. The van der Waals surface area contributed by atoms with Crippen molar-refractivity contribution in [2.24, 2.45) is 0 Å². The van der Waals surface area contributed by atoms with E-state index in [9.17, 15) is 5.11 Å². The van der Waals surface area contributed by atoms with Gasteiger partial charge in [-0.25, -0.2) is 0 Å². The second-order valence-electron chi connectivity index (χ2n) is 3.36. The maximum Gasteiger partial charge on any atom is 0.161 e. The predicted molar refractivity (Wildman–Crippen MR) is 61.1 cm³/mol. The molecule has 0 radical (unpaired) electrons. The van der Waals surface area contributed by atoms with Crippen LogP contribution in [0.1, 0.15) is 31.7 Å². The minimum Gasteiger partial charge on any atom is -0.504 e. The van der Waals surface area contributed by atoms with E-state index in [2.05, 4.69) is 29.8 Å². The van der Waals surface area contributed by atoms with Crippen LogP contribution in [0.2, 0.25) is 0 Å². The molecule has 3 heteroatoms. The van der Waals surface area contributed by atoms with Gasteiger partial charge in [0.2, 0.25) is 0 Å². The number of phenols is 1. The molecule has 2 nitrogen and oxygen atoms in total. The average Bonchev–Trinajstić information content (AvgIpc) is 2.19. The highest BCUT2D eigenvalue weighted by molar-refractivity contribution is 9.10. The molecule has 0 aromatic heterocycles. The number of ether oxygens (including phenoxy) is 1. The van der Waals surface area contributed by atoms with Gasteiger partial charge in [0.05, 0.1) is 7.11 Å². The van der Waals surface area contributed by atoms with Crippen molar-refractivity contribution in [3.8, 4) is 11.5 Å². The molecule has 0 aliphatic heterocycles. The quantitative estimate of drug-likeness (QED) is 0.897. The molecule has 1 rings (SSSR count). The van der Waals surface area contributed by atoms with E-state index < -0.39 is 0 Å². The average molecular weight is 259 g/mol. The first-order valence-electron chi connectivity index (χ1n) is 4.66. The molecule has 1 aromatic rings. The Labute approximate surface area is 93.0 Å². The summed E-state index contributed by atoms with van der Waals surface area (Å²) in [5, 5.41) is 9.87. The number of hydrogen-bond acceptors (Lipinski definition) is 2. The number of hydrogen-bond donors (Lipinski definition) is 1. The Kier molecular flexibility index (Phi) is 3.81. The second-order valence-corrected chi connectivity index (χ2v) is 4.27. The van der Waals surface area contributed by atoms with E-state index >= 15 is 0 Å². The van der Waals surface area contributed by atoms with Crippen LogP contribution in [0.3, 0.4) is 0 Å². The zero-order valence-corrected chi connectivity index (χ0v) is 10.3. The van der Waals surface area contributed by atoms with Crippen LogP contribution in [-0.2, 0) is 0 Å². The molecule has 0 saturated carbocycles. The van der Waals surface area contributed by atoms with Crippen molar-refractivity contribution in [3.63, 3.8) is 0 Å². The van der Waals surface area contributed by atoms with Gasteiger partial charge in [-0.15, -0.1) is 0 Å². The van der Waals surface area contributed by atoms with Crippen LogP contribution in [-0.4, -0.2) is 12.2 Å². The highest BCUT2D eigenvalue weighted by atomic mass is 79.9. The molecule has 1 N–H and O–H groups in total. The summed E-state index contributed by atoms with van der Waals surface area (Å²) < 4.78 is 6.01. The zero-order chi connectivity index (χ0) is 10.7. The van der Waals surface area contributed by atoms with E-state index in [4.69, 9.17) is 4.74 Å². The Balaban J connectivity index is 3.21. The number of rotatable bonds is 3. The Morgan fingerprint density at radius 1 is 1.50 bits per heavy atom. The van der Waals surface area contributed by atoms with E-state index in [1.54, 1.807) is 13.2 Å². The maximum absolute atomic E-state index is 9.87. The van der Waals surface area contributed by atoms with Crippen LogP contribution in [0, 0.1) is 0 Å². The lowest BCUT2D eigenvalue weighted by molar-refractivity contribution is 0.368. The normalized spacial score (nSPS) is 12.6. The lowest BCUT2D eigenvalue weighted by Crippen LogP contribution is -1.94. The Morgan fingerprint density at radius 3 is 2.64 bits per heavy atom. The van der Waals surface area contributed by atoms with E-state index in [0.29, 0.717) is 11.7 Å². The third-order valence-corrected chi connectivity index (χ3v) is 2.89. The van der Waals surface area contributed by atoms with Crippen molar-refractivity contribution in [2.75, 3.05) is 7.11 Å². The fourth-order valence-corrected chi connectivity index (χ4v) is 1.80. The van der Waals surface area contributed by atoms with Crippen molar-refractivity contribution in [2.45, 2.75) is 26.2 Å². The van der Waals surface area contributed by atoms with Gasteiger partial charge in [0, 0.05) is 10.0 Å². The lowest BCUT2D eigenvalue weighted by atomic mass is 9.97. The van der Waals surface area contributed by atoms with Gasteiger partial charge < -0.3 is 9.84 Å². The van der Waals surface area contributed by atoms with Crippen LogP contribution >= 0.6 is 15.9 Å². The van der Waals surface area contributed by atoms with Crippen LogP contribution in [0.15, 0.2) is 16.6 Å². The monoisotopic (exact) mass is 258 g/mol. The summed E-state index contributed by atoms with van der Waals surface area (Å²) in [4.78, 5) is 0. The molecule has 0 heterocycles. The molecule has 1 atom stereocenters. The number of phenolic OH excluding ortho intramolecular Hbond substituents is 1. The third kappa shape index (κ3) is 2.21. The van der Waals surface area contributed by atoms with Gasteiger partial charge >= 0.3 is 0 Å². The van der Waals surface area contributed by atoms with Crippen LogP contribution in [0.5, 0.6) is 11.5 Å². The summed E-state index contributed by atoms with van der Waals surface area (Å²) in [6.07, 6.45) is 0.993. The van der Waals surface area contributed by atoms with Crippen LogP contribution in [0.4, 0.5) is 0 Å². The van der Waals surface area contributed by atoms with E-state index in [1.807, 2.05) is 6.07 Å². The molecule has 0 bridgehead atoms.